The van der Waals surface area contributed by atoms with Crippen LogP contribution in [0.4, 0.5) is 5.69 Å². The van der Waals surface area contributed by atoms with E-state index in [4.69, 9.17) is 0 Å². The molecule has 0 aromatic heterocycles. The molecule has 0 radical (unpaired) electrons. The average Bonchev–Trinajstić information content (AvgIpc) is 3.11. The largest absolute Gasteiger partial charge is 0.356 e. The van der Waals surface area contributed by atoms with E-state index in [1.54, 1.807) is 7.05 Å². The molecule has 0 saturated carbocycles. The van der Waals surface area contributed by atoms with Crippen LogP contribution in [0.2, 0.25) is 0 Å². The molecule has 1 aromatic rings. The lowest BCUT2D eigenvalue weighted by Gasteiger charge is -2.18. The average molecular weight is 566 g/mol. The fourth-order valence-electron chi connectivity index (χ4n) is 2.95. The summed E-state index contributed by atoms with van der Waals surface area (Å²) in [4.78, 5) is 30.0. The van der Waals surface area contributed by atoms with Gasteiger partial charge in [-0.05, 0) is 31.0 Å². The SMILES string of the molecule is CCC(=O)N1CCC(NC(=NC)NCCC(=O)Nc2cc(Br)ccc2C)C1.I. The molecule has 7 nitrogen and oxygen atoms in total. The van der Waals surface area contributed by atoms with Crippen molar-refractivity contribution in [2.45, 2.75) is 39.2 Å². The van der Waals surface area contributed by atoms with Crippen molar-refractivity contribution in [2.75, 3.05) is 32.0 Å². The second-order valence-corrected chi connectivity index (χ2v) is 7.50. The highest BCUT2D eigenvalue weighted by Crippen LogP contribution is 2.20. The number of benzene rings is 1. The molecule has 0 aliphatic carbocycles. The minimum atomic E-state index is -0.0558. The molecule has 1 saturated heterocycles. The van der Waals surface area contributed by atoms with Crippen LogP contribution in [0, 0.1) is 6.92 Å². The number of anilines is 1. The Balaban J connectivity index is 0.00000392. The van der Waals surface area contributed by atoms with Crippen molar-refractivity contribution in [3.8, 4) is 0 Å². The molecule has 1 fully saturated rings. The lowest BCUT2D eigenvalue weighted by Crippen LogP contribution is -2.45. The third kappa shape index (κ3) is 7.57. The number of nitrogens with one attached hydrogen (secondary N) is 3. The Kier molecular flexibility index (Phi) is 10.8. The first kappa shape index (κ1) is 24.7. The van der Waals surface area contributed by atoms with Gasteiger partial charge < -0.3 is 20.9 Å². The highest BCUT2D eigenvalue weighted by atomic mass is 127. The van der Waals surface area contributed by atoms with Gasteiger partial charge in [0.05, 0.1) is 0 Å². The summed E-state index contributed by atoms with van der Waals surface area (Å²) in [5.41, 5.74) is 1.83. The molecular weight excluding hydrogens is 537 g/mol. The van der Waals surface area contributed by atoms with Crippen LogP contribution < -0.4 is 16.0 Å². The number of aryl methyl sites for hydroxylation is 1. The first-order chi connectivity index (χ1) is 12.9. The summed E-state index contributed by atoms with van der Waals surface area (Å²) in [6, 6.07) is 5.98. The molecule has 1 atom stereocenters. The Morgan fingerprint density at radius 2 is 2.11 bits per heavy atom. The number of amides is 2. The Morgan fingerprint density at radius 3 is 2.79 bits per heavy atom. The van der Waals surface area contributed by atoms with E-state index in [-0.39, 0.29) is 41.8 Å². The third-order valence-corrected chi connectivity index (χ3v) is 5.02. The highest BCUT2D eigenvalue weighted by molar-refractivity contribution is 14.0. The van der Waals surface area contributed by atoms with Crippen LogP contribution in [-0.4, -0.2) is 55.4 Å². The van der Waals surface area contributed by atoms with E-state index in [1.165, 1.54) is 0 Å². The van der Waals surface area contributed by atoms with Gasteiger partial charge in [-0.25, -0.2) is 0 Å². The lowest BCUT2D eigenvalue weighted by molar-refractivity contribution is -0.129. The quantitative estimate of drug-likeness (QED) is 0.281. The monoisotopic (exact) mass is 565 g/mol. The van der Waals surface area contributed by atoms with E-state index in [2.05, 4.69) is 36.9 Å². The normalized spacial score (nSPS) is 16.4. The Bertz CT molecular complexity index is 714. The molecule has 1 heterocycles. The van der Waals surface area contributed by atoms with Gasteiger partial charge in [-0.3, -0.25) is 14.6 Å². The topological polar surface area (TPSA) is 85.8 Å². The zero-order chi connectivity index (χ0) is 19.8. The second kappa shape index (κ2) is 12.3. The predicted molar refractivity (Wildman–Crippen MR) is 127 cm³/mol. The summed E-state index contributed by atoms with van der Waals surface area (Å²) in [5, 5.41) is 9.41. The van der Waals surface area contributed by atoms with Crippen LogP contribution in [0.15, 0.2) is 27.7 Å². The van der Waals surface area contributed by atoms with E-state index in [0.717, 1.165) is 28.7 Å². The summed E-state index contributed by atoms with van der Waals surface area (Å²) in [6.07, 6.45) is 1.76. The zero-order valence-electron chi connectivity index (χ0n) is 16.5. The lowest BCUT2D eigenvalue weighted by atomic mass is 10.2. The van der Waals surface area contributed by atoms with Crippen LogP contribution in [0.5, 0.6) is 0 Å². The summed E-state index contributed by atoms with van der Waals surface area (Å²) in [7, 11) is 1.70. The summed E-state index contributed by atoms with van der Waals surface area (Å²) >= 11 is 3.41. The summed E-state index contributed by atoms with van der Waals surface area (Å²) in [6.45, 7) is 5.78. The van der Waals surface area contributed by atoms with Crippen LogP contribution in [0.1, 0.15) is 31.7 Å². The van der Waals surface area contributed by atoms with Crippen molar-refractivity contribution in [1.82, 2.24) is 15.5 Å². The molecular formula is C19H29BrIN5O2. The number of halogens is 2. The fourth-order valence-corrected chi connectivity index (χ4v) is 3.31. The predicted octanol–water partition coefficient (Wildman–Crippen LogP) is 2.88. The first-order valence-corrected chi connectivity index (χ1v) is 10.0. The van der Waals surface area contributed by atoms with Gasteiger partial charge in [0.2, 0.25) is 11.8 Å². The zero-order valence-corrected chi connectivity index (χ0v) is 20.5. The highest BCUT2D eigenvalue weighted by Gasteiger charge is 2.25. The maximum absolute atomic E-state index is 12.2. The first-order valence-electron chi connectivity index (χ1n) is 9.24. The molecule has 3 N–H and O–H groups in total. The third-order valence-electron chi connectivity index (χ3n) is 4.53. The number of likely N-dealkylation sites (tertiary alicyclic amines) is 1. The van der Waals surface area contributed by atoms with E-state index >= 15 is 0 Å². The minimum absolute atomic E-state index is 0. The number of carbonyl (C=O) groups excluding carboxylic acids is 2. The molecule has 1 aliphatic heterocycles. The van der Waals surface area contributed by atoms with Crippen LogP contribution in [-0.2, 0) is 9.59 Å². The smallest absolute Gasteiger partial charge is 0.226 e. The fraction of sp³-hybridized carbons (Fsp3) is 0.526. The summed E-state index contributed by atoms with van der Waals surface area (Å²) in [5.74, 6) is 0.777. The number of aliphatic imine (C=N–C) groups is 1. The van der Waals surface area contributed by atoms with Crippen molar-refractivity contribution in [3.05, 3.63) is 28.2 Å². The maximum atomic E-state index is 12.2. The second-order valence-electron chi connectivity index (χ2n) is 6.58. The van der Waals surface area contributed by atoms with Crippen molar-refractivity contribution < 1.29 is 9.59 Å². The molecule has 2 amide bonds. The number of hydrogen-bond acceptors (Lipinski definition) is 3. The number of guanidine groups is 1. The molecule has 1 aromatic carbocycles. The van der Waals surface area contributed by atoms with Gasteiger partial charge in [0.15, 0.2) is 5.96 Å². The molecule has 0 bridgehead atoms. The Morgan fingerprint density at radius 1 is 1.36 bits per heavy atom. The van der Waals surface area contributed by atoms with E-state index in [9.17, 15) is 9.59 Å². The molecule has 156 valence electrons. The number of rotatable bonds is 6. The maximum Gasteiger partial charge on any atom is 0.226 e. The number of hydrogen-bond donors (Lipinski definition) is 3. The van der Waals surface area contributed by atoms with Gasteiger partial charge in [0, 0.05) is 55.7 Å². The van der Waals surface area contributed by atoms with Gasteiger partial charge >= 0.3 is 0 Å². The molecule has 2 rings (SSSR count). The van der Waals surface area contributed by atoms with Gasteiger partial charge in [-0.2, -0.15) is 0 Å². The van der Waals surface area contributed by atoms with E-state index in [0.29, 0.717) is 31.9 Å². The van der Waals surface area contributed by atoms with Gasteiger partial charge in [-0.15, -0.1) is 24.0 Å². The molecule has 28 heavy (non-hydrogen) atoms. The van der Waals surface area contributed by atoms with Crippen molar-refractivity contribution >= 4 is 63.4 Å². The molecule has 1 unspecified atom stereocenters. The number of nitrogens with zero attached hydrogens (tertiary/aromatic N) is 2. The standard InChI is InChI=1S/C19H28BrN5O2.HI/c1-4-18(27)25-10-8-15(12-25)23-19(21-3)22-9-7-17(26)24-16-11-14(20)6-5-13(16)2;/h5-6,11,15H,4,7-10,12H2,1-3H3,(H,24,26)(H2,21,22,23);1H. The minimum Gasteiger partial charge on any atom is -0.356 e. The van der Waals surface area contributed by atoms with Crippen molar-refractivity contribution in [2.24, 2.45) is 4.99 Å². The number of carbonyl (C=O) groups is 2. The Hall–Kier alpha value is -1.36. The Labute approximate surface area is 192 Å². The van der Waals surface area contributed by atoms with E-state index in [1.807, 2.05) is 36.9 Å². The summed E-state index contributed by atoms with van der Waals surface area (Å²) < 4.78 is 0.929. The van der Waals surface area contributed by atoms with Gasteiger partial charge in [-0.1, -0.05) is 28.9 Å². The van der Waals surface area contributed by atoms with Gasteiger partial charge in [0.1, 0.15) is 0 Å². The van der Waals surface area contributed by atoms with Crippen LogP contribution in [0.3, 0.4) is 0 Å². The van der Waals surface area contributed by atoms with Crippen molar-refractivity contribution in [3.63, 3.8) is 0 Å². The van der Waals surface area contributed by atoms with Crippen LogP contribution in [0.25, 0.3) is 0 Å². The molecule has 9 heteroatoms. The molecule has 0 spiro atoms. The molecule has 1 aliphatic rings. The van der Waals surface area contributed by atoms with Crippen molar-refractivity contribution in [1.29, 1.82) is 0 Å². The van der Waals surface area contributed by atoms with Gasteiger partial charge in [0.25, 0.3) is 0 Å². The van der Waals surface area contributed by atoms with E-state index < -0.39 is 0 Å². The van der Waals surface area contributed by atoms with Crippen LogP contribution >= 0.6 is 39.9 Å².